The van der Waals surface area contributed by atoms with Gasteiger partial charge in [-0.1, -0.05) is 0 Å². The summed E-state index contributed by atoms with van der Waals surface area (Å²) in [6.45, 7) is 0.454. The fourth-order valence-electron chi connectivity index (χ4n) is 0.751. The number of rotatable bonds is 3. The van der Waals surface area contributed by atoms with Gasteiger partial charge < -0.3 is 9.47 Å². The van der Waals surface area contributed by atoms with E-state index in [1.54, 1.807) is 14.2 Å². The third-order valence-electron chi connectivity index (χ3n) is 1.25. The van der Waals surface area contributed by atoms with E-state index in [0.29, 0.717) is 12.5 Å². The van der Waals surface area contributed by atoms with Crippen molar-refractivity contribution in [2.24, 2.45) is 0 Å². The van der Waals surface area contributed by atoms with Crippen LogP contribution in [0.3, 0.4) is 0 Å². The molecule has 0 saturated carbocycles. The van der Waals surface area contributed by atoms with Crippen molar-refractivity contribution in [1.29, 1.82) is 0 Å². The lowest BCUT2D eigenvalue weighted by Crippen LogP contribution is -1.97. The first kappa shape index (κ1) is 9.41. The molecule has 0 atom stereocenters. The summed E-state index contributed by atoms with van der Waals surface area (Å²) in [4.78, 5) is 0. The Morgan fingerprint density at radius 1 is 1.42 bits per heavy atom. The molecule has 1 heterocycles. The van der Waals surface area contributed by atoms with Gasteiger partial charge in [0.25, 0.3) is 0 Å². The van der Waals surface area contributed by atoms with Crippen LogP contribution in [-0.4, -0.2) is 24.4 Å². The van der Waals surface area contributed by atoms with Crippen LogP contribution in [0.4, 0.5) is 0 Å². The van der Waals surface area contributed by atoms with Gasteiger partial charge in [-0.05, 0) is 22.0 Å². The van der Waals surface area contributed by atoms with E-state index in [1.165, 1.54) is 0 Å². The van der Waals surface area contributed by atoms with E-state index in [0.717, 1.165) is 10.2 Å². The van der Waals surface area contributed by atoms with Crippen molar-refractivity contribution in [1.82, 2.24) is 10.2 Å². The minimum Gasteiger partial charge on any atom is -0.479 e. The van der Waals surface area contributed by atoms with E-state index >= 15 is 0 Å². The quantitative estimate of drug-likeness (QED) is 0.791. The van der Waals surface area contributed by atoms with Crippen LogP contribution in [0.15, 0.2) is 10.5 Å². The zero-order chi connectivity index (χ0) is 8.97. The molecule has 0 aromatic carbocycles. The second kappa shape index (κ2) is 4.37. The zero-order valence-electron chi connectivity index (χ0n) is 6.87. The predicted molar refractivity (Wildman–Crippen MR) is 47.0 cm³/mol. The van der Waals surface area contributed by atoms with E-state index < -0.39 is 0 Å². The first-order chi connectivity index (χ1) is 5.77. The van der Waals surface area contributed by atoms with Crippen LogP contribution in [0.2, 0.25) is 0 Å². The summed E-state index contributed by atoms with van der Waals surface area (Å²) < 4.78 is 10.6. The van der Waals surface area contributed by atoms with E-state index in [-0.39, 0.29) is 0 Å². The van der Waals surface area contributed by atoms with E-state index in [2.05, 4.69) is 26.1 Å². The Morgan fingerprint density at radius 3 is 2.67 bits per heavy atom. The van der Waals surface area contributed by atoms with Gasteiger partial charge in [-0.25, -0.2) is 0 Å². The Balaban J connectivity index is 2.86. The average Bonchev–Trinajstić information content (AvgIpc) is 2.05. The van der Waals surface area contributed by atoms with Crippen molar-refractivity contribution in [3.63, 3.8) is 0 Å². The minimum atomic E-state index is 0.454. The highest BCUT2D eigenvalue weighted by molar-refractivity contribution is 9.10. The maximum absolute atomic E-state index is 4.92. The molecule has 0 fully saturated rings. The van der Waals surface area contributed by atoms with E-state index in [9.17, 15) is 0 Å². The summed E-state index contributed by atoms with van der Waals surface area (Å²) in [6.07, 6.45) is 0. The molecule has 0 spiro atoms. The molecule has 1 rings (SSSR count). The van der Waals surface area contributed by atoms with Crippen LogP contribution in [0.1, 0.15) is 5.69 Å². The number of ether oxygens (including phenoxy) is 2. The molecule has 66 valence electrons. The van der Waals surface area contributed by atoms with Crippen LogP contribution < -0.4 is 4.74 Å². The van der Waals surface area contributed by atoms with Crippen LogP contribution in [0.25, 0.3) is 0 Å². The lowest BCUT2D eigenvalue weighted by atomic mass is 10.4. The summed E-state index contributed by atoms with van der Waals surface area (Å²) in [5.41, 5.74) is 0.769. The highest BCUT2D eigenvalue weighted by Gasteiger charge is 2.03. The van der Waals surface area contributed by atoms with Crippen molar-refractivity contribution in [3.8, 4) is 5.88 Å². The molecule has 0 N–H and O–H groups in total. The minimum absolute atomic E-state index is 0.454. The number of aromatic nitrogens is 2. The fourth-order valence-corrected chi connectivity index (χ4v) is 1.26. The van der Waals surface area contributed by atoms with Gasteiger partial charge in [0.2, 0.25) is 5.88 Å². The van der Waals surface area contributed by atoms with Gasteiger partial charge in [0.15, 0.2) is 0 Å². The standard InChI is InChI=1S/C7H9BrN2O2/c1-11-4-5-3-6(8)7(12-2)10-9-5/h3H,4H2,1-2H3. The molecule has 0 aliphatic rings. The monoisotopic (exact) mass is 232 g/mol. The third-order valence-corrected chi connectivity index (χ3v) is 1.82. The summed E-state index contributed by atoms with van der Waals surface area (Å²) in [5.74, 6) is 0.481. The van der Waals surface area contributed by atoms with Gasteiger partial charge in [0, 0.05) is 7.11 Å². The Bertz CT molecular complexity index is 268. The Hall–Kier alpha value is -0.680. The van der Waals surface area contributed by atoms with Gasteiger partial charge in [0.05, 0.1) is 23.9 Å². The molecular formula is C7H9BrN2O2. The Labute approximate surface area is 79.0 Å². The smallest absolute Gasteiger partial charge is 0.247 e. The molecule has 12 heavy (non-hydrogen) atoms. The van der Waals surface area contributed by atoms with Gasteiger partial charge >= 0.3 is 0 Å². The Kier molecular flexibility index (Phi) is 3.43. The molecule has 0 saturated heterocycles. The fraction of sp³-hybridized carbons (Fsp3) is 0.429. The highest BCUT2D eigenvalue weighted by Crippen LogP contribution is 2.20. The number of halogens is 1. The second-order valence-corrected chi connectivity index (χ2v) is 2.98. The lowest BCUT2D eigenvalue weighted by Gasteiger charge is -2.02. The maximum atomic E-state index is 4.92. The summed E-state index contributed by atoms with van der Waals surface area (Å²) >= 11 is 3.29. The largest absolute Gasteiger partial charge is 0.479 e. The number of methoxy groups -OCH3 is 2. The molecule has 4 nitrogen and oxygen atoms in total. The van der Waals surface area contributed by atoms with Crippen molar-refractivity contribution in [2.75, 3.05) is 14.2 Å². The number of nitrogens with zero attached hydrogens (tertiary/aromatic N) is 2. The molecule has 0 aliphatic carbocycles. The molecule has 0 radical (unpaired) electrons. The highest BCUT2D eigenvalue weighted by atomic mass is 79.9. The van der Waals surface area contributed by atoms with Crippen LogP contribution >= 0.6 is 15.9 Å². The van der Waals surface area contributed by atoms with Gasteiger partial charge in [-0.15, -0.1) is 10.2 Å². The van der Waals surface area contributed by atoms with Crippen molar-refractivity contribution in [2.45, 2.75) is 6.61 Å². The van der Waals surface area contributed by atoms with Crippen LogP contribution in [-0.2, 0) is 11.3 Å². The Morgan fingerprint density at radius 2 is 2.17 bits per heavy atom. The molecule has 1 aromatic heterocycles. The molecule has 0 bridgehead atoms. The third kappa shape index (κ3) is 2.15. The predicted octanol–water partition coefficient (Wildman–Crippen LogP) is 1.39. The second-order valence-electron chi connectivity index (χ2n) is 2.13. The number of hydrogen-bond donors (Lipinski definition) is 0. The average molecular weight is 233 g/mol. The topological polar surface area (TPSA) is 44.2 Å². The molecule has 0 amide bonds. The maximum Gasteiger partial charge on any atom is 0.247 e. The summed E-state index contributed by atoms with van der Waals surface area (Å²) in [5, 5.41) is 7.69. The van der Waals surface area contributed by atoms with Gasteiger partial charge in [0.1, 0.15) is 0 Å². The van der Waals surface area contributed by atoms with Crippen molar-refractivity contribution >= 4 is 15.9 Å². The van der Waals surface area contributed by atoms with E-state index in [1.807, 2.05) is 6.07 Å². The van der Waals surface area contributed by atoms with Crippen LogP contribution in [0.5, 0.6) is 5.88 Å². The normalized spacial score (nSPS) is 9.92. The van der Waals surface area contributed by atoms with Crippen molar-refractivity contribution < 1.29 is 9.47 Å². The lowest BCUT2D eigenvalue weighted by molar-refractivity contribution is 0.180. The number of hydrogen-bond acceptors (Lipinski definition) is 4. The SMILES string of the molecule is COCc1cc(Br)c(OC)nn1. The summed E-state index contributed by atoms with van der Waals surface area (Å²) in [7, 11) is 3.16. The molecule has 5 heteroatoms. The molecule has 0 aliphatic heterocycles. The van der Waals surface area contributed by atoms with Crippen LogP contribution in [0, 0.1) is 0 Å². The zero-order valence-corrected chi connectivity index (χ0v) is 8.46. The van der Waals surface area contributed by atoms with Gasteiger partial charge in [-0.2, -0.15) is 0 Å². The van der Waals surface area contributed by atoms with Crippen molar-refractivity contribution in [3.05, 3.63) is 16.2 Å². The first-order valence-corrected chi connectivity index (χ1v) is 4.12. The molecule has 1 aromatic rings. The summed E-state index contributed by atoms with van der Waals surface area (Å²) in [6, 6.07) is 1.81. The molecular weight excluding hydrogens is 224 g/mol. The molecule has 0 unspecified atom stereocenters. The van der Waals surface area contributed by atoms with Gasteiger partial charge in [-0.3, -0.25) is 0 Å². The van der Waals surface area contributed by atoms with E-state index in [4.69, 9.17) is 9.47 Å². The first-order valence-electron chi connectivity index (χ1n) is 3.33.